The smallest absolute Gasteiger partial charge is 0.328 e. The van der Waals surface area contributed by atoms with E-state index in [2.05, 4.69) is 21.2 Å². The van der Waals surface area contributed by atoms with E-state index in [1.165, 1.54) is 0 Å². The van der Waals surface area contributed by atoms with Gasteiger partial charge in [-0.15, -0.1) is 0 Å². The van der Waals surface area contributed by atoms with Crippen LogP contribution in [-0.4, -0.2) is 18.6 Å². The molecule has 0 radical (unpaired) electrons. The minimum Gasteiger partial charge on any atom is -0.464 e. The van der Waals surface area contributed by atoms with Gasteiger partial charge in [0.05, 0.1) is 18.2 Å². The van der Waals surface area contributed by atoms with E-state index in [0.29, 0.717) is 12.2 Å². The van der Waals surface area contributed by atoms with Crippen molar-refractivity contribution in [2.45, 2.75) is 19.9 Å². The highest BCUT2D eigenvalue weighted by molar-refractivity contribution is 9.10. The molecular formula is C12H13BrN2O2. The van der Waals surface area contributed by atoms with Crippen LogP contribution >= 0.6 is 15.9 Å². The summed E-state index contributed by atoms with van der Waals surface area (Å²) in [7, 11) is 0. The van der Waals surface area contributed by atoms with Crippen LogP contribution in [0.15, 0.2) is 22.7 Å². The zero-order chi connectivity index (χ0) is 12.8. The van der Waals surface area contributed by atoms with Gasteiger partial charge >= 0.3 is 5.97 Å². The predicted octanol–water partition coefficient (Wildman–Crippen LogP) is 2.68. The van der Waals surface area contributed by atoms with Crippen molar-refractivity contribution in [2.75, 3.05) is 11.9 Å². The first-order chi connectivity index (χ1) is 8.08. The molecule has 1 rings (SSSR count). The van der Waals surface area contributed by atoms with Gasteiger partial charge in [0.2, 0.25) is 0 Å². The first-order valence-electron chi connectivity index (χ1n) is 5.21. The van der Waals surface area contributed by atoms with Crippen LogP contribution in [0, 0.1) is 11.3 Å². The van der Waals surface area contributed by atoms with Crippen LogP contribution in [0.5, 0.6) is 0 Å². The van der Waals surface area contributed by atoms with E-state index in [1.54, 1.807) is 32.0 Å². The number of ether oxygens (including phenoxy) is 1. The van der Waals surface area contributed by atoms with Gasteiger partial charge in [0.15, 0.2) is 0 Å². The Kier molecular flexibility index (Phi) is 4.98. The molecule has 0 aliphatic rings. The number of benzene rings is 1. The fourth-order valence-electron chi connectivity index (χ4n) is 1.26. The summed E-state index contributed by atoms with van der Waals surface area (Å²) >= 11 is 3.34. The van der Waals surface area contributed by atoms with E-state index in [4.69, 9.17) is 10.00 Å². The normalized spacial score (nSPS) is 11.4. The highest BCUT2D eigenvalue weighted by atomic mass is 79.9. The zero-order valence-electron chi connectivity index (χ0n) is 9.66. The topological polar surface area (TPSA) is 62.1 Å². The number of halogens is 1. The van der Waals surface area contributed by atoms with Gasteiger partial charge in [-0.2, -0.15) is 5.26 Å². The molecule has 0 amide bonds. The van der Waals surface area contributed by atoms with Crippen molar-refractivity contribution in [3.8, 4) is 6.07 Å². The Bertz CT molecular complexity index is 454. The van der Waals surface area contributed by atoms with Gasteiger partial charge in [-0.3, -0.25) is 0 Å². The quantitative estimate of drug-likeness (QED) is 0.868. The summed E-state index contributed by atoms with van der Waals surface area (Å²) in [5.74, 6) is -0.302. The standard InChI is InChI=1S/C12H13BrN2O2/c1-3-17-12(16)8(2)15-11-5-4-9(7-14)6-10(11)13/h4-6,8,15H,3H2,1-2H3. The van der Waals surface area contributed by atoms with Gasteiger partial charge in [0, 0.05) is 10.2 Å². The Morgan fingerprint density at radius 2 is 2.35 bits per heavy atom. The second kappa shape index (κ2) is 6.26. The average Bonchev–Trinajstić information content (AvgIpc) is 2.31. The molecule has 1 N–H and O–H groups in total. The van der Waals surface area contributed by atoms with Gasteiger partial charge in [-0.25, -0.2) is 4.79 Å². The van der Waals surface area contributed by atoms with E-state index in [9.17, 15) is 4.79 Å². The van der Waals surface area contributed by atoms with E-state index >= 15 is 0 Å². The molecule has 90 valence electrons. The van der Waals surface area contributed by atoms with Crippen LogP contribution in [0.3, 0.4) is 0 Å². The SMILES string of the molecule is CCOC(=O)C(C)Nc1ccc(C#N)cc1Br. The van der Waals surface area contributed by atoms with Crippen molar-refractivity contribution >= 4 is 27.6 Å². The van der Waals surface area contributed by atoms with Crippen LogP contribution in [-0.2, 0) is 9.53 Å². The summed E-state index contributed by atoms with van der Waals surface area (Å²) in [5, 5.41) is 11.7. The Labute approximate surface area is 109 Å². The lowest BCUT2D eigenvalue weighted by atomic mass is 10.2. The monoisotopic (exact) mass is 296 g/mol. The highest BCUT2D eigenvalue weighted by Gasteiger charge is 2.14. The van der Waals surface area contributed by atoms with Crippen molar-refractivity contribution in [3.63, 3.8) is 0 Å². The van der Waals surface area contributed by atoms with E-state index in [0.717, 1.165) is 10.2 Å². The van der Waals surface area contributed by atoms with Crippen molar-refractivity contribution in [1.82, 2.24) is 0 Å². The lowest BCUT2D eigenvalue weighted by Crippen LogP contribution is -2.28. The number of nitrogens with zero attached hydrogens (tertiary/aromatic N) is 1. The second-order valence-corrected chi connectivity index (χ2v) is 4.28. The minimum absolute atomic E-state index is 0.302. The molecule has 0 heterocycles. The van der Waals surface area contributed by atoms with Crippen molar-refractivity contribution in [3.05, 3.63) is 28.2 Å². The minimum atomic E-state index is -0.431. The number of rotatable bonds is 4. The number of hydrogen-bond acceptors (Lipinski definition) is 4. The van der Waals surface area contributed by atoms with Crippen LogP contribution in [0.25, 0.3) is 0 Å². The van der Waals surface area contributed by atoms with Crippen LogP contribution in [0.2, 0.25) is 0 Å². The summed E-state index contributed by atoms with van der Waals surface area (Å²) in [4.78, 5) is 11.4. The predicted molar refractivity (Wildman–Crippen MR) is 68.6 cm³/mol. The van der Waals surface area contributed by atoms with Crippen molar-refractivity contribution < 1.29 is 9.53 Å². The summed E-state index contributed by atoms with van der Waals surface area (Å²) in [6.07, 6.45) is 0. The number of esters is 1. The molecule has 1 aromatic carbocycles. The van der Waals surface area contributed by atoms with Crippen LogP contribution in [0.4, 0.5) is 5.69 Å². The molecule has 0 aromatic heterocycles. The van der Waals surface area contributed by atoms with E-state index in [1.807, 2.05) is 6.07 Å². The Hall–Kier alpha value is -1.54. The molecule has 0 fully saturated rings. The van der Waals surface area contributed by atoms with Crippen LogP contribution < -0.4 is 5.32 Å². The highest BCUT2D eigenvalue weighted by Crippen LogP contribution is 2.24. The van der Waals surface area contributed by atoms with Crippen molar-refractivity contribution in [2.24, 2.45) is 0 Å². The third-order valence-corrected chi connectivity index (χ3v) is 2.77. The lowest BCUT2D eigenvalue weighted by molar-refractivity contribution is -0.143. The van der Waals surface area contributed by atoms with Crippen LogP contribution in [0.1, 0.15) is 19.4 Å². The summed E-state index contributed by atoms with van der Waals surface area (Å²) in [5.41, 5.74) is 1.32. The Balaban J connectivity index is 2.75. The first kappa shape index (κ1) is 13.5. The summed E-state index contributed by atoms with van der Waals surface area (Å²) < 4.78 is 5.63. The molecule has 0 spiro atoms. The fraction of sp³-hybridized carbons (Fsp3) is 0.333. The largest absolute Gasteiger partial charge is 0.464 e. The maximum absolute atomic E-state index is 11.4. The molecule has 1 atom stereocenters. The molecular weight excluding hydrogens is 284 g/mol. The molecule has 17 heavy (non-hydrogen) atoms. The summed E-state index contributed by atoms with van der Waals surface area (Å²) in [6.45, 7) is 3.85. The second-order valence-electron chi connectivity index (χ2n) is 3.42. The first-order valence-corrected chi connectivity index (χ1v) is 6.00. The molecule has 0 bridgehead atoms. The lowest BCUT2D eigenvalue weighted by Gasteiger charge is -2.15. The molecule has 1 unspecified atom stereocenters. The third-order valence-electron chi connectivity index (χ3n) is 2.11. The fourth-order valence-corrected chi connectivity index (χ4v) is 1.75. The Morgan fingerprint density at radius 1 is 1.65 bits per heavy atom. The van der Waals surface area contributed by atoms with Gasteiger partial charge in [-0.1, -0.05) is 0 Å². The number of carbonyl (C=O) groups excluding carboxylic acids is 1. The number of anilines is 1. The molecule has 5 heteroatoms. The van der Waals surface area contributed by atoms with Gasteiger partial charge in [0.25, 0.3) is 0 Å². The molecule has 0 saturated heterocycles. The molecule has 0 saturated carbocycles. The average molecular weight is 297 g/mol. The molecule has 4 nitrogen and oxygen atoms in total. The van der Waals surface area contributed by atoms with Gasteiger partial charge < -0.3 is 10.1 Å². The number of hydrogen-bond donors (Lipinski definition) is 1. The van der Waals surface area contributed by atoms with Crippen molar-refractivity contribution in [1.29, 1.82) is 5.26 Å². The molecule has 0 aliphatic heterocycles. The van der Waals surface area contributed by atoms with E-state index in [-0.39, 0.29) is 5.97 Å². The third kappa shape index (κ3) is 3.75. The summed E-state index contributed by atoms with van der Waals surface area (Å²) in [6, 6.07) is 6.74. The van der Waals surface area contributed by atoms with Gasteiger partial charge in [0.1, 0.15) is 6.04 Å². The number of carbonyl (C=O) groups is 1. The van der Waals surface area contributed by atoms with Gasteiger partial charge in [-0.05, 0) is 48.0 Å². The molecule has 1 aromatic rings. The maximum atomic E-state index is 11.4. The number of nitriles is 1. The van der Waals surface area contributed by atoms with E-state index < -0.39 is 6.04 Å². The Morgan fingerprint density at radius 3 is 2.88 bits per heavy atom. The maximum Gasteiger partial charge on any atom is 0.328 e. The number of nitrogens with one attached hydrogen (secondary N) is 1. The molecule has 0 aliphatic carbocycles. The zero-order valence-corrected chi connectivity index (χ0v) is 11.2.